The number of fused-ring (bicyclic) bond motifs is 2. The van der Waals surface area contributed by atoms with Gasteiger partial charge in [0.05, 0.1) is 30.8 Å². The zero-order valence-electron chi connectivity index (χ0n) is 19.7. The number of aliphatic imine (C=N–C) groups is 1. The number of esters is 1. The van der Waals surface area contributed by atoms with Crippen LogP contribution in [0.2, 0.25) is 0 Å². The first-order chi connectivity index (χ1) is 16.9. The minimum atomic E-state index is -0.433. The van der Waals surface area contributed by atoms with Crippen LogP contribution in [0.1, 0.15) is 36.1 Å². The lowest BCUT2D eigenvalue weighted by molar-refractivity contribution is -0.136. The minimum Gasteiger partial charge on any atom is -0.466 e. The molecule has 1 N–H and O–H groups in total. The van der Waals surface area contributed by atoms with Crippen LogP contribution in [-0.4, -0.2) is 35.8 Å². The molecule has 1 unspecified atom stereocenters. The first-order valence-corrected chi connectivity index (χ1v) is 12.1. The maximum atomic E-state index is 12.9. The summed E-state index contributed by atoms with van der Waals surface area (Å²) in [7, 11) is 1.37. The Balaban J connectivity index is 1.36. The Kier molecular flexibility index (Phi) is 6.25. The average Bonchev–Trinajstić information content (AvgIpc) is 3.48. The summed E-state index contributed by atoms with van der Waals surface area (Å²) in [5.74, 6) is 0.821. The number of nitrogens with one attached hydrogen (secondary N) is 1. The Hall–Kier alpha value is -3.72. The number of amidine groups is 1. The van der Waals surface area contributed by atoms with Crippen LogP contribution < -0.4 is 14.8 Å². The Labute approximate surface area is 207 Å². The predicted molar refractivity (Wildman–Crippen MR) is 133 cm³/mol. The Morgan fingerprint density at radius 1 is 1.17 bits per heavy atom. The number of nitrogens with zero attached hydrogens (tertiary/aromatic N) is 2. The molecule has 2 aromatic carbocycles. The second-order valence-corrected chi connectivity index (χ2v) is 9.28. The highest BCUT2D eigenvalue weighted by Gasteiger charge is 2.41. The number of carbonyl (C=O) groups excluding carboxylic acids is 2. The second-order valence-electron chi connectivity index (χ2n) is 8.44. The van der Waals surface area contributed by atoms with Crippen molar-refractivity contribution in [3.8, 4) is 11.5 Å². The van der Waals surface area contributed by atoms with Gasteiger partial charge in [0, 0.05) is 12.2 Å². The van der Waals surface area contributed by atoms with Crippen LogP contribution in [0.15, 0.2) is 69.8 Å². The molecule has 0 saturated carbocycles. The van der Waals surface area contributed by atoms with Gasteiger partial charge in [-0.15, -0.1) is 0 Å². The second kappa shape index (κ2) is 9.50. The predicted octanol–water partition coefficient (Wildman–Crippen LogP) is 4.18. The van der Waals surface area contributed by atoms with Gasteiger partial charge in [-0.3, -0.25) is 4.79 Å². The largest absolute Gasteiger partial charge is 0.466 e. The summed E-state index contributed by atoms with van der Waals surface area (Å²) >= 11 is 1.45. The number of rotatable bonds is 6. The summed E-state index contributed by atoms with van der Waals surface area (Å²) < 4.78 is 15.9. The van der Waals surface area contributed by atoms with Crippen molar-refractivity contribution in [3.05, 3.63) is 81.5 Å². The normalized spacial score (nSPS) is 18.1. The Bertz CT molecular complexity index is 1300. The van der Waals surface area contributed by atoms with E-state index in [2.05, 4.69) is 10.3 Å². The van der Waals surface area contributed by atoms with Gasteiger partial charge in [0.2, 0.25) is 12.7 Å². The van der Waals surface area contributed by atoms with Crippen molar-refractivity contribution in [3.63, 3.8) is 0 Å². The zero-order valence-corrected chi connectivity index (χ0v) is 20.5. The number of hydrogen-bond acceptors (Lipinski definition) is 8. The van der Waals surface area contributed by atoms with Gasteiger partial charge < -0.3 is 24.4 Å². The van der Waals surface area contributed by atoms with E-state index in [1.165, 1.54) is 18.9 Å². The fourth-order valence-electron chi connectivity index (χ4n) is 4.37. The molecule has 3 aliphatic rings. The summed E-state index contributed by atoms with van der Waals surface area (Å²) in [5, 5.41) is 5.64. The summed E-state index contributed by atoms with van der Waals surface area (Å²) in [5.41, 5.74) is 4.79. The molecule has 0 bridgehead atoms. The molecule has 8 nitrogen and oxygen atoms in total. The topological polar surface area (TPSA) is 89.5 Å². The number of thioether (sulfide) groups is 1. The van der Waals surface area contributed by atoms with Gasteiger partial charge in [-0.1, -0.05) is 47.7 Å². The highest BCUT2D eigenvalue weighted by molar-refractivity contribution is 8.16. The van der Waals surface area contributed by atoms with Gasteiger partial charge in [-0.2, -0.15) is 0 Å². The van der Waals surface area contributed by atoms with Gasteiger partial charge >= 0.3 is 5.97 Å². The molecule has 0 aliphatic carbocycles. The van der Waals surface area contributed by atoms with Gasteiger partial charge in [0.15, 0.2) is 16.7 Å². The molecule has 1 amide bonds. The van der Waals surface area contributed by atoms with Gasteiger partial charge in [-0.05, 0) is 42.5 Å². The standard InChI is InChI=1S/C26H25N3O5S/c1-15-5-4-6-18(9-15)24-23(25(31)32-3)16(2)28-26-29(24)19(13-35-26)11-22(30)27-12-17-7-8-20-21(10-17)34-14-33-20/h4-10,13,24H,11-12,14H2,1-3H3,(H,27,30). The molecular weight excluding hydrogens is 466 g/mol. The zero-order chi connectivity index (χ0) is 24.5. The van der Waals surface area contributed by atoms with Crippen molar-refractivity contribution in [1.82, 2.24) is 10.2 Å². The maximum Gasteiger partial charge on any atom is 0.338 e. The monoisotopic (exact) mass is 491 g/mol. The van der Waals surface area contributed by atoms with Gasteiger partial charge in [0.1, 0.15) is 0 Å². The molecule has 3 aliphatic heterocycles. The Morgan fingerprint density at radius 2 is 2.00 bits per heavy atom. The summed E-state index contributed by atoms with van der Waals surface area (Å²) in [6, 6.07) is 13.2. The van der Waals surface area contributed by atoms with E-state index in [1.54, 1.807) is 0 Å². The lowest BCUT2D eigenvalue weighted by atomic mass is 9.93. The van der Waals surface area contributed by atoms with Crippen molar-refractivity contribution in [2.75, 3.05) is 13.9 Å². The van der Waals surface area contributed by atoms with Crippen LogP contribution in [0.5, 0.6) is 11.5 Å². The van der Waals surface area contributed by atoms with Crippen molar-refractivity contribution in [2.24, 2.45) is 4.99 Å². The molecule has 35 heavy (non-hydrogen) atoms. The first-order valence-electron chi connectivity index (χ1n) is 11.2. The number of hydrogen-bond donors (Lipinski definition) is 1. The molecule has 0 radical (unpaired) electrons. The van der Waals surface area contributed by atoms with E-state index in [0.717, 1.165) is 27.6 Å². The number of amides is 1. The van der Waals surface area contributed by atoms with E-state index >= 15 is 0 Å². The van der Waals surface area contributed by atoms with E-state index < -0.39 is 12.0 Å². The summed E-state index contributed by atoms with van der Waals surface area (Å²) in [6.45, 7) is 4.40. The lowest BCUT2D eigenvalue weighted by Crippen LogP contribution is -2.37. The molecule has 2 aromatic rings. The summed E-state index contributed by atoms with van der Waals surface area (Å²) in [6.07, 6.45) is 0.145. The number of aryl methyl sites for hydroxylation is 1. The Morgan fingerprint density at radius 3 is 2.80 bits per heavy atom. The molecule has 5 rings (SSSR count). The number of benzene rings is 2. The van der Waals surface area contributed by atoms with Crippen LogP contribution in [0.4, 0.5) is 0 Å². The average molecular weight is 492 g/mol. The van der Waals surface area contributed by atoms with E-state index in [4.69, 9.17) is 14.2 Å². The fraction of sp³-hybridized carbons (Fsp3) is 0.269. The van der Waals surface area contributed by atoms with Crippen LogP contribution in [-0.2, 0) is 20.9 Å². The van der Waals surface area contributed by atoms with Crippen LogP contribution >= 0.6 is 11.8 Å². The smallest absolute Gasteiger partial charge is 0.338 e. The first kappa shape index (κ1) is 23.0. The van der Waals surface area contributed by atoms with Crippen molar-refractivity contribution in [2.45, 2.75) is 32.9 Å². The molecule has 1 atom stereocenters. The number of methoxy groups -OCH3 is 1. The molecule has 0 spiro atoms. The number of allylic oxidation sites excluding steroid dienone is 1. The molecule has 0 fully saturated rings. The third-order valence-electron chi connectivity index (χ3n) is 6.03. The summed E-state index contributed by atoms with van der Waals surface area (Å²) in [4.78, 5) is 32.4. The maximum absolute atomic E-state index is 12.9. The molecule has 9 heteroatoms. The molecule has 0 aromatic heterocycles. The van der Waals surface area contributed by atoms with Crippen LogP contribution in [0.3, 0.4) is 0 Å². The van der Waals surface area contributed by atoms with Crippen molar-refractivity contribution >= 4 is 28.8 Å². The fourth-order valence-corrected chi connectivity index (χ4v) is 5.34. The lowest BCUT2D eigenvalue weighted by Gasteiger charge is -2.36. The molecule has 3 heterocycles. The van der Waals surface area contributed by atoms with E-state index in [0.29, 0.717) is 29.3 Å². The van der Waals surface area contributed by atoms with E-state index in [-0.39, 0.29) is 19.1 Å². The molecule has 0 saturated heterocycles. The highest BCUT2D eigenvalue weighted by atomic mass is 32.2. The number of carbonyl (C=O) groups is 2. The number of ether oxygens (including phenoxy) is 3. The van der Waals surface area contributed by atoms with Crippen molar-refractivity contribution < 1.29 is 23.8 Å². The quantitative estimate of drug-likeness (QED) is 0.607. The molecular formula is C26H25N3O5S. The van der Waals surface area contributed by atoms with Crippen molar-refractivity contribution in [1.29, 1.82) is 0 Å². The third-order valence-corrected chi connectivity index (χ3v) is 6.92. The minimum absolute atomic E-state index is 0.135. The third kappa shape index (κ3) is 4.51. The van der Waals surface area contributed by atoms with Gasteiger partial charge in [0.25, 0.3) is 0 Å². The van der Waals surface area contributed by atoms with E-state index in [9.17, 15) is 9.59 Å². The molecule has 180 valence electrons. The SMILES string of the molecule is COC(=O)C1=C(C)N=C2SC=C(CC(=O)NCc3ccc4c(c3)OCO4)N2C1c1cccc(C)c1. The van der Waals surface area contributed by atoms with Crippen LogP contribution in [0, 0.1) is 6.92 Å². The van der Waals surface area contributed by atoms with Gasteiger partial charge in [-0.25, -0.2) is 9.79 Å². The van der Waals surface area contributed by atoms with E-state index in [1.807, 2.05) is 66.6 Å². The van der Waals surface area contributed by atoms with Crippen LogP contribution in [0.25, 0.3) is 0 Å². The highest BCUT2D eigenvalue weighted by Crippen LogP contribution is 2.45.